The van der Waals surface area contributed by atoms with E-state index in [1.54, 1.807) is 6.92 Å². The fourth-order valence-corrected chi connectivity index (χ4v) is 5.04. The van der Waals surface area contributed by atoms with Crippen molar-refractivity contribution in [3.8, 4) is 0 Å². The van der Waals surface area contributed by atoms with Gasteiger partial charge in [0.1, 0.15) is 0 Å². The number of amides is 1. The number of hydrogen-bond acceptors (Lipinski definition) is 5. The minimum Gasteiger partial charge on any atom is -0.350 e. The number of hydroxylamine groups is 1. The number of nitrogens with zero attached hydrogens (tertiary/aromatic N) is 1. The Hall–Kier alpha value is -2.54. The van der Waals surface area contributed by atoms with Gasteiger partial charge in [0, 0.05) is 37.7 Å². The second kappa shape index (κ2) is 11.3. The summed E-state index contributed by atoms with van der Waals surface area (Å²) in [5, 5.41) is 0. The van der Waals surface area contributed by atoms with Crippen LogP contribution < -0.4 is 5.48 Å². The molecule has 2 aromatic carbocycles. The van der Waals surface area contributed by atoms with Gasteiger partial charge in [0.25, 0.3) is 5.91 Å². The maximum absolute atomic E-state index is 14.2. The van der Waals surface area contributed by atoms with Crippen molar-refractivity contribution >= 4 is 15.9 Å². The van der Waals surface area contributed by atoms with Crippen molar-refractivity contribution < 1.29 is 40.3 Å². The lowest BCUT2D eigenvalue weighted by Crippen LogP contribution is -2.33. The molecule has 1 unspecified atom stereocenters. The number of hydrogen-bond donors (Lipinski definition) is 1. The highest BCUT2D eigenvalue weighted by molar-refractivity contribution is 7.89. The molecule has 0 aliphatic carbocycles. The van der Waals surface area contributed by atoms with Gasteiger partial charge < -0.3 is 4.74 Å². The molecule has 1 saturated heterocycles. The lowest BCUT2D eigenvalue weighted by atomic mass is 10.1. The zero-order valence-corrected chi connectivity index (χ0v) is 19.1. The summed E-state index contributed by atoms with van der Waals surface area (Å²) in [5.41, 5.74) is 2.89. The van der Waals surface area contributed by atoms with Crippen LogP contribution in [0.2, 0.25) is 0 Å². The van der Waals surface area contributed by atoms with Gasteiger partial charge >= 0.3 is 0 Å². The average Bonchev–Trinajstić information content (AvgIpc) is 2.82. The third-order valence-corrected chi connectivity index (χ3v) is 7.00. The molecule has 34 heavy (non-hydrogen) atoms. The van der Waals surface area contributed by atoms with Crippen molar-refractivity contribution in [2.75, 3.05) is 13.2 Å². The number of sulfonamides is 1. The number of nitrogens with one attached hydrogen (secondary N) is 1. The van der Waals surface area contributed by atoms with E-state index in [-0.39, 0.29) is 31.1 Å². The summed E-state index contributed by atoms with van der Waals surface area (Å²) in [7, 11) is -4.93. The van der Waals surface area contributed by atoms with Crippen LogP contribution in [-0.4, -0.2) is 38.1 Å². The van der Waals surface area contributed by atoms with Crippen LogP contribution in [0.3, 0.4) is 0 Å². The number of halogens is 4. The largest absolute Gasteiger partial charge is 0.350 e. The first-order valence-electron chi connectivity index (χ1n) is 10.6. The molecule has 0 aromatic heterocycles. The average molecular weight is 505 g/mol. The van der Waals surface area contributed by atoms with E-state index < -0.39 is 50.4 Å². The fraction of sp³-hybridized carbons (Fsp3) is 0.409. The first-order chi connectivity index (χ1) is 16.1. The molecule has 1 aliphatic rings. The lowest BCUT2D eigenvalue weighted by Gasteiger charge is -2.23. The van der Waals surface area contributed by atoms with Crippen molar-refractivity contribution in [1.82, 2.24) is 9.79 Å². The smallest absolute Gasteiger partial charge is 0.274 e. The molecule has 7 nitrogen and oxygen atoms in total. The van der Waals surface area contributed by atoms with Gasteiger partial charge in [0.2, 0.25) is 10.0 Å². The van der Waals surface area contributed by atoms with Crippen molar-refractivity contribution in [3.63, 3.8) is 0 Å². The standard InChI is InChI=1S/C22H24F4N2O5S/c1-2-10-28(34(30,31)21-19(25)16(23)12-17(24)20(21)26)13-14-6-8-15(9-7-14)22(29)27-33-18-5-3-4-11-32-18/h6-9,12,18H,2-5,10-11,13H2,1H3,(H,27,29). The number of benzene rings is 2. The SMILES string of the molecule is CCCN(Cc1ccc(C(=O)NOC2CCCCO2)cc1)S(=O)(=O)c1c(F)c(F)cc(F)c1F. The van der Waals surface area contributed by atoms with Crippen LogP contribution in [0.4, 0.5) is 17.6 Å². The first-order valence-corrected chi connectivity index (χ1v) is 12.1. The van der Waals surface area contributed by atoms with E-state index in [9.17, 15) is 30.8 Å². The molecule has 1 aliphatic heterocycles. The van der Waals surface area contributed by atoms with Crippen molar-refractivity contribution in [3.05, 3.63) is 64.7 Å². The molecule has 0 radical (unpaired) electrons. The lowest BCUT2D eigenvalue weighted by molar-refractivity contribution is -0.186. The van der Waals surface area contributed by atoms with E-state index in [0.29, 0.717) is 22.9 Å². The highest BCUT2D eigenvalue weighted by atomic mass is 32.2. The summed E-state index contributed by atoms with van der Waals surface area (Å²) in [6, 6.07) is 5.67. The Kier molecular flexibility index (Phi) is 8.63. The molecule has 0 spiro atoms. The van der Waals surface area contributed by atoms with Gasteiger partial charge in [-0.1, -0.05) is 19.1 Å². The van der Waals surface area contributed by atoms with Crippen LogP contribution in [0.5, 0.6) is 0 Å². The molecular weight excluding hydrogens is 480 g/mol. The fourth-order valence-electron chi connectivity index (χ4n) is 3.39. The molecule has 2 aromatic rings. The predicted octanol–water partition coefficient (Wildman–Crippen LogP) is 4.03. The Labute approximate surface area is 194 Å². The molecule has 0 bridgehead atoms. The predicted molar refractivity (Wildman–Crippen MR) is 113 cm³/mol. The third-order valence-electron chi connectivity index (χ3n) is 5.14. The summed E-state index contributed by atoms with van der Waals surface area (Å²) in [6.45, 7) is 1.66. The van der Waals surface area contributed by atoms with Crippen LogP contribution in [0.1, 0.15) is 48.5 Å². The Morgan fingerprint density at radius 2 is 1.76 bits per heavy atom. The number of carbonyl (C=O) groups excluding carboxylic acids is 1. The zero-order valence-electron chi connectivity index (χ0n) is 18.3. The van der Waals surface area contributed by atoms with Crippen molar-refractivity contribution in [2.45, 2.75) is 50.3 Å². The van der Waals surface area contributed by atoms with E-state index in [1.807, 2.05) is 0 Å². The van der Waals surface area contributed by atoms with Crippen LogP contribution in [0, 0.1) is 23.3 Å². The van der Waals surface area contributed by atoms with Crippen LogP contribution in [0.15, 0.2) is 35.2 Å². The second-order valence-electron chi connectivity index (χ2n) is 7.68. The molecule has 186 valence electrons. The van der Waals surface area contributed by atoms with Gasteiger partial charge in [0.15, 0.2) is 34.5 Å². The Balaban J connectivity index is 1.75. The molecule has 12 heteroatoms. The number of ether oxygens (including phenoxy) is 1. The van der Waals surface area contributed by atoms with Crippen LogP contribution in [0.25, 0.3) is 0 Å². The first kappa shape index (κ1) is 26.1. The van der Waals surface area contributed by atoms with Crippen LogP contribution in [-0.2, 0) is 26.1 Å². The van der Waals surface area contributed by atoms with Gasteiger partial charge in [0.05, 0.1) is 0 Å². The maximum atomic E-state index is 14.2. The minimum atomic E-state index is -4.93. The summed E-state index contributed by atoms with van der Waals surface area (Å²) >= 11 is 0. The zero-order chi connectivity index (χ0) is 24.9. The quantitative estimate of drug-likeness (QED) is 0.317. The molecule has 1 atom stereocenters. The van der Waals surface area contributed by atoms with E-state index >= 15 is 0 Å². The molecule has 1 amide bonds. The van der Waals surface area contributed by atoms with E-state index in [2.05, 4.69) is 5.48 Å². The van der Waals surface area contributed by atoms with Gasteiger partial charge in [-0.3, -0.25) is 4.79 Å². The van der Waals surface area contributed by atoms with Crippen molar-refractivity contribution in [1.29, 1.82) is 0 Å². The highest BCUT2D eigenvalue weighted by Crippen LogP contribution is 2.28. The number of carbonyl (C=O) groups is 1. The Morgan fingerprint density at radius 3 is 2.32 bits per heavy atom. The normalized spacial score (nSPS) is 16.6. The Bertz CT molecular complexity index is 1100. The number of rotatable bonds is 9. The highest BCUT2D eigenvalue weighted by Gasteiger charge is 2.34. The molecule has 0 saturated carbocycles. The van der Waals surface area contributed by atoms with Gasteiger partial charge in [-0.2, -0.15) is 4.31 Å². The second-order valence-corrected chi connectivity index (χ2v) is 9.55. The van der Waals surface area contributed by atoms with Gasteiger partial charge in [-0.15, -0.1) is 0 Å². The summed E-state index contributed by atoms with van der Waals surface area (Å²) in [4.78, 5) is 15.8. The summed E-state index contributed by atoms with van der Waals surface area (Å²) < 4.78 is 87.4. The molecule has 1 N–H and O–H groups in total. The molecule has 1 fully saturated rings. The van der Waals surface area contributed by atoms with Gasteiger partial charge in [-0.25, -0.2) is 36.3 Å². The maximum Gasteiger partial charge on any atom is 0.274 e. The monoisotopic (exact) mass is 504 g/mol. The minimum absolute atomic E-state index is 0.0538. The van der Waals surface area contributed by atoms with Gasteiger partial charge in [-0.05, 0) is 37.0 Å². The van der Waals surface area contributed by atoms with E-state index in [4.69, 9.17) is 9.57 Å². The molecule has 3 rings (SSSR count). The Morgan fingerprint density at radius 1 is 1.12 bits per heavy atom. The van der Waals surface area contributed by atoms with Crippen LogP contribution >= 0.6 is 0 Å². The van der Waals surface area contributed by atoms with Crippen molar-refractivity contribution in [2.24, 2.45) is 0 Å². The van der Waals surface area contributed by atoms with E-state index in [1.165, 1.54) is 24.3 Å². The molecule has 1 heterocycles. The third kappa shape index (κ3) is 5.93. The summed E-state index contributed by atoms with van der Waals surface area (Å²) in [5.74, 6) is -8.16. The summed E-state index contributed by atoms with van der Waals surface area (Å²) in [6.07, 6.45) is 2.23. The molecular formula is C22H24F4N2O5S. The topological polar surface area (TPSA) is 84.9 Å². The van der Waals surface area contributed by atoms with E-state index in [0.717, 1.165) is 12.8 Å².